The Balaban J connectivity index is 1.54. The molecule has 194 valence electrons. The lowest BCUT2D eigenvalue weighted by Gasteiger charge is -2.43. The van der Waals surface area contributed by atoms with Crippen LogP contribution in [0.1, 0.15) is 29.6 Å². The number of morpholine rings is 1. The fraction of sp³-hybridized carbons (Fsp3) is 0.481. The second-order valence-corrected chi connectivity index (χ2v) is 9.75. The number of hydrogen-bond acceptors (Lipinski definition) is 6. The molecule has 0 spiro atoms. The van der Waals surface area contributed by atoms with Gasteiger partial charge in [0, 0.05) is 48.6 Å². The van der Waals surface area contributed by atoms with Gasteiger partial charge in [-0.25, -0.2) is 0 Å². The Hall–Kier alpha value is -2.97. The van der Waals surface area contributed by atoms with E-state index in [1.54, 1.807) is 44.6 Å². The largest absolute Gasteiger partial charge is 0.493 e. The molecule has 2 heterocycles. The quantitative estimate of drug-likeness (QED) is 0.529. The molecule has 2 amide bonds. The van der Waals surface area contributed by atoms with Crippen LogP contribution in [0.25, 0.3) is 0 Å². The number of rotatable bonds is 8. The van der Waals surface area contributed by atoms with Gasteiger partial charge in [-0.1, -0.05) is 11.6 Å². The molecular formula is C27H33ClN2O6. The first-order valence-electron chi connectivity index (χ1n) is 12.2. The smallest absolute Gasteiger partial charge is 0.254 e. The van der Waals surface area contributed by atoms with Crippen LogP contribution in [0.5, 0.6) is 17.2 Å². The minimum atomic E-state index is -0.514. The zero-order valence-electron chi connectivity index (χ0n) is 20.8. The molecule has 1 atom stereocenters. The number of methoxy groups -OCH3 is 2. The summed E-state index contributed by atoms with van der Waals surface area (Å²) in [5.74, 6) is 1.71. The number of nitrogens with zero attached hydrogens (tertiary/aromatic N) is 2. The standard InChI is InChI=1S/C27H33ClN2O6/c1-33-23-9-4-20(16-24(23)34-2)26(32)30-11-3-10-27(18-30,17-25(31)29-12-14-35-15-13-29)19-36-22-7-5-21(28)6-8-22/h4-9,16H,3,10-15,17-19H2,1-2H3. The molecule has 2 fully saturated rings. The van der Waals surface area contributed by atoms with E-state index in [0.29, 0.717) is 80.3 Å². The molecule has 0 aliphatic carbocycles. The van der Waals surface area contributed by atoms with Crippen molar-refractivity contribution >= 4 is 23.4 Å². The highest BCUT2D eigenvalue weighted by Crippen LogP contribution is 2.37. The third kappa shape index (κ3) is 6.23. The van der Waals surface area contributed by atoms with Crippen LogP contribution in [0.4, 0.5) is 0 Å². The zero-order valence-corrected chi connectivity index (χ0v) is 21.6. The van der Waals surface area contributed by atoms with E-state index in [1.165, 1.54) is 0 Å². The van der Waals surface area contributed by atoms with Gasteiger partial charge in [-0.05, 0) is 55.3 Å². The van der Waals surface area contributed by atoms with E-state index in [2.05, 4.69) is 0 Å². The molecule has 2 saturated heterocycles. The molecule has 2 aromatic carbocycles. The summed E-state index contributed by atoms with van der Waals surface area (Å²) in [7, 11) is 3.11. The number of piperidine rings is 1. The van der Waals surface area contributed by atoms with Gasteiger partial charge in [0.25, 0.3) is 5.91 Å². The summed E-state index contributed by atoms with van der Waals surface area (Å²) in [4.78, 5) is 30.5. The summed E-state index contributed by atoms with van der Waals surface area (Å²) >= 11 is 6.02. The van der Waals surface area contributed by atoms with E-state index in [4.69, 9.17) is 30.5 Å². The molecule has 1 unspecified atom stereocenters. The van der Waals surface area contributed by atoms with Gasteiger partial charge in [-0.2, -0.15) is 0 Å². The molecule has 8 nitrogen and oxygen atoms in total. The third-order valence-electron chi connectivity index (χ3n) is 6.83. The number of amides is 2. The lowest BCUT2D eigenvalue weighted by atomic mass is 9.77. The molecule has 2 aliphatic heterocycles. The second-order valence-electron chi connectivity index (χ2n) is 9.31. The number of carbonyl (C=O) groups is 2. The van der Waals surface area contributed by atoms with Crippen molar-refractivity contribution in [2.24, 2.45) is 5.41 Å². The van der Waals surface area contributed by atoms with E-state index in [9.17, 15) is 9.59 Å². The minimum Gasteiger partial charge on any atom is -0.493 e. The summed E-state index contributed by atoms with van der Waals surface area (Å²) in [6.07, 6.45) is 1.86. The Morgan fingerprint density at radius 2 is 1.69 bits per heavy atom. The average molecular weight is 517 g/mol. The Labute approximate surface area is 217 Å². The summed E-state index contributed by atoms with van der Waals surface area (Å²) in [6.45, 7) is 3.61. The fourth-order valence-electron chi connectivity index (χ4n) is 4.86. The van der Waals surface area contributed by atoms with Crippen molar-refractivity contribution in [3.05, 3.63) is 53.1 Å². The fourth-order valence-corrected chi connectivity index (χ4v) is 4.98. The van der Waals surface area contributed by atoms with Crippen molar-refractivity contribution in [2.45, 2.75) is 19.3 Å². The van der Waals surface area contributed by atoms with E-state index in [0.717, 1.165) is 12.8 Å². The molecule has 2 aliphatic rings. The topological polar surface area (TPSA) is 77.5 Å². The minimum absolute atomic E-state index is 0.0680. The van der Waals surface area contributed by atoms with E-state index < -0.39 is 5.41 Å². The maximum Gasteiger partial charge on any atom is 0.254 e. The molecule has 0 saturated carbocycles. The van der Waals surface area contributed by atoms with Crippen LogP contribution >= 0.6 is 11.6 Å². The van der Waals surface area contributed by atoms with Crippen LogP contribution in [0.15, 0.2) is 42.5 Å². The van der Waals surface area contributed by atoms with Crippen molar-refractivity contribution in [2.75, 3.05) is 60.2 Å². The first-order chi connectivity index (χ1) is 17.4. The molecular weight excluding hydrogens is 484 g/mol. The Morgan fingerprint density at radius 1 is 0.972 bits per heavy atom. The maximum absolute atomic E-state index is 13.5. The Kier molecular flexibility index (Phi) is 8.59. The van der Waals surface area contributed by atoms with Gasteiger partial charge in [0.2, 0.25) is 5.91 Å². The van der Waals surface area contributed by atoms with Crippen molar-refractivity contribution in [1.29, 1.82) is 0 Å². The van der Waals surface area contributed by atoms with Gasteiger partial charge in [0.05, 0.1) is 34.0 Å². The predicted octanol–water partition coefficient (Wildman–Crippen LogP) is 3.91. The number of carbonyl (C=O) groups excluding carboxylic acids is 2. The molecule has 2 aromatic rings. The van der Waals surface area contributed by atoms with Crippen LogP contribution < -0.4 is 14.2 Å². The van der Waals surface area contributed by atoms with Crippen LogP contribution in [-0.2, 0) is 9.53 Å². The number of likely N-dealkylation sites (tertiary alicyclic amines) is 1. The van der Waals surface area contributed by atoms with Crippen molar-refractivity contribution < 1.29 is 28.5 Å². The second kappa shape index (κ2) is 11.8. The predicted molar refractivity (Wildman–Crippen MR) is 136 cm³/mol. The highest BCUT2D eigenvalue weighted by Gasteiger charge is 2.41. The van der Waals surface area contributed by atoms with Crippen LogP contribution in [0, 0.1) is 5.41 Å². The van der Waals surface area contributed by atoms with Crippen LogP contribution in [-0.4, -0.2) is 81.8 Å². The third-order valence-corrected chi connectivity index (χ3v) is 7.08. The van der Waals surface area contributed by atoms with E-state index in [-0.39, 0.29) is 11.8 Å². The number of benzene rings is 2. The zero-order chi connectivity index (χ0) is 25.5. The van der Waals surface area contributed by atoms with Gasteiger partial charge in [-0.3, -0.25) is 9.59 Å². The molecule has 4 rings (SSSR count). The van der Waals surface area contributed by atoms with Crippen LogP contribution in [0.3, 0.4) is 0 Å². The summed E-state index contributed by atoms with van der Waals surface area (Å²) in [6, 6.07) is 12.3. The lowest BCUT2D eigenvalue weighted by Crippen LogP contribution is -2.52. The summed E-state index contributed by atoms with van der Waals surface area (Å²) < 4.78 is 22.3. The molecule has 0 bridgehead atoms. The molecule has 36 heavy (non-hydrogen) atoms. The van der Waals surface area contributed by atoms with Gasteiger partial charge in [0.1, 0.15) is 5.75 Å². The molecule has 0 N–H and O–H groups in total. The number of ether oxygens (including phenoxy) is 4. The summed E-state index contributed by atoms with van der Waals surface area (Å²) in [5.41, 5.74) is 0.000953. The summed E-state index contributed by atoms with van der Waals surface area (Å²) in [5, 5.41) is 0.629. The Bertz CT molecular complexity index is 1060. The SMILES string of the molecule is COc1ccc(C(=O)N2CCCC(COc3ccc(Cl)cc3)(CC(=O)N3CCOCC3)C2)cc1OC. The first kappa shape index (κ1) is 26.1. The monoisotopic (exact) mass is 516 g/mol. The number of halogens is 1. The molecule has 0 radical (unpaired) electrons. The normalized spacial score (nSPS) is 20.1. The highest BCUT2D eigenvalue weighted by molar-refractivity contribution is 6.30. The average Bonchev–Trinajstić information content (AvgIpc) is 2.92. The van der Waals surface area contributed by atoms with E-state index in [1.807, 2.05) is 21.9 Å². The van der Waals surface area contributed by atoms with E-state index >= 15 is 0 Å². The van der Waals surface area contributed by atoms with Crippen molar-refractivity contribution in [1.82, 2.24) is 9.80 Å². The van der Waals surface area contributed by atoms with Crippen molar-refractivity contribution in [3.8, 4) is 17.2 Å². The van der Waals surface area contributed by atoms with Crippen molar-refractivity contribution in [3.63, 3.8) is 0 Å². The highest BCUT2D eigenvalue weighted by atomic mass is 35.5. The Morgan fingerprint density at radius 3 is 2.39 bits per heavy atom. The number of hydrogen-bond donors (Lipinski definition) is 0. The molecule has 9 heteroatoms. The lowest BCUT2D eigenvalue weighted by molar-refractivity contribution is -0.139. The van der Waals surface area contributed by atoms with Gasteiger partial charge in [0.15, 0.2) is 11.5 Å². The maximum atomic E-state index is 13.5. The van der Waals surface area contributed by atoms with Gasteiger partial charge >= 0.3 is 0 Å². The first-order valence-corrected chi connectivity index (χ1v) is 12.6. The van der Waals surface area contributed by atoms with Crippen LogP contribution in [0.2, 0.25) is 5.02 Å². The van der Waals surface area contributed by atoms with Gasteiger partial charge in [-0.15, -0.1) is 0 Å². The van der Waals surface area contributed by atoms with Gasteiger partial charge < -0.3 is 28.7 Å². The molecule has 0 aromatic heterocycles.